The summed E-state index contributed by atoms with van der Waals surface area (Å²) in [6, 6.07) is 16.6. The number of methoxy groups -OCH3 is 2. The second kappa shape index (κ2) is 10.7. The van der Waals surface area contributed by atoms with E-state index in [1.54, 1.807) is 48.5 Å². The van der Waals surface area contributed by atoms with Gasteiger partial charge in [0.05, 0.1) is 24.8 Å². The second-order valence-corrected chi connectivity index (χ2v) is 8.91. The fourth-order valence-corrected chi connectivity index (χ4v) is 3.98. The quantitative estimate of drug-likeness (QED) is 0.365. The summed E-state index contributed by atoms with van der Waals surface area (Å²) >= 11 is 0. The molecule has 3 rings (SSSR count). The van der Waals surface area contributed by atoms with Gasteiger partial charge in [0.15, 0.2) is 17.3 Å². The normalized spacial score (nSPS) is 11.1. The Bertz CT molecular complexity index is 1330. The number of hydrogen-bond acceptors (Lipinski definition) is 6. The molecular formula is C25H24N2O6S. The van der Waals surface area contributed by atoms with Gasteiger partial charge < -0.3 is 14.8 Å². The monoisotopic (exact) mass is 480 g/mol. The van der Waals surface area contributed by atoms with Crippen molar-refractivity contribution in [1.82, 2.24) is 4.72 Å². The first kappa shape index (κ1) is 24.5. The molecule has 3 aromatic rings. The number of allylic oxidation sites excluding steroid dienone is 1. The Kier molecular flexibility index (Phi) is 7.70. The van der Waals surface area contributed by atoms with Gasteiger partial charge in [-0.3, -0.25) is 4.79 Å². The summed E-state index contributed by atoms with van der Waals surface area (Å²) in [6.45, 7) is 1.82. The third kappa shape index (κ3) is 6.02. The van der Waals surface area contributed by atoms with E-state index in [2.05, 4.69) is 5.32 Å². The van der Waals surface area contributed by atoms with Crippen molar-refractivity contribution in [3.63, 3.8) is 0 Å². The fraction of sp³-hybridized carbons (Fsp3) is 0.120. The summed E-state index contributed by atoms with van der Waals surface area (Å²) in [5.41, 5.74) is 1.96. The Labute approximate surface area is 198 Å². The van der Waals surface area contributed by atoms with E-state index >= 15 is 0 Å². The maximum absolute atomic E-state index is 12.8. The molecule has 0 radical (unpaired) electrons. The van der Waals surface area contributed by atoms with Gasteiger partial charge in [0.1, 0.15) is 0 Å². The van der Waals surface area contributed by atoms with Crippen LogP contribution in [0.3, 0.4) is 0 Å². The van der Waals surface area contributed by atoms with E-state index in [0.717, 1.165) is 5.56 Å². The standard InChI is InChI=1S/C25H24N2O6S/c1-17-8-12-19(13-9-17)34(30,31)27-25(29)26-21-7-5-4-6-20(21)22(28)14-10-18-11-15-23(32-2)24(16-18)33-3/h4-16H,1-3H3,(H2,26,27,29)/b14-10+. The first-order valence-corrected chi connectivity index (χ1v) is 11.7. The molecule has 176 valence electrons. The first-order valence-electron chi connectivity index (χ1n) is 10.2. The number of anilines is 1. The molecular weight excluding hydrogens is 456 g/mol. The van der Waals surface area contributed by atoms with Crippen molar-refractivity contribution in [1.29, 1.82) is 0 Å². The van der Waals surface area contributed by atoms with Crippen molar-refractivity contribution >= 4 is 33.6 Å². The summed E-state index contributed by atoms with van der Waals surface area (Å²) in [4.78, 5) is 25.2. The van der Waals surface area contributed by atoms with Gasteiger partial charge in [-0.25, -0.2) is 17.9 Å². The van der Waals surface area contributed by atoms with Crippen LogP contribution in [0, 0.1) is 6.92 Å². The number of amides is 2. The van der Waals surface area contributed by atoms with Crippen molar-refractivity contribution in [2.24, 2.45) is 0 Å². The number of hydrogen-bond donors (Lipinski definition) is 2. The molecule has 9 heteroatoms. The maximum Gasteiger partial charge on any atom is 0.333 e. The summed E-state index contributed by atoms with van der Waals surface area (Å²) < 4.78 is 37.3. The van der Waals surface area contributed by atoms with Crippen LogP contribution in [-0.2, 0) is 10.0 Å². The summed E-state index contributed by atoms with van der Waals surface area (Å²) in [6.07, 6.45) is 2.95. The molecule has 0 fully saturated rings. The third-order valence-electron chi connectivity index (χ3n) is 4.83. The highest BCUT2D eigenvalue weighted by atomic mass is 32.2. The largest absolute Gasteiger partial charge is 0.493 e. The number of ketones is 1. The lowest BCUT2D eigenvalue weighted by Gasteiger charge is -2.11. The lowest BCUT2D eigenvalue weighted by Crippen LogP contribution is -2.34. The van der Waals surface area contributed by atoms with Crippen molar-refractivity contribution in [2.75, 3.05) is 19.5 Å². The van der Waals surface area contributed by atoms with Crippen LogP contribution < -0.4 is 19.5 Å². The van der Waals surface area contributed by atoms with Crippen LogP contribution >= 0.6 is 0 Å². The number of aryl methyl sites for hydroxylation is 1. The van der Waals surface area contributed by atoms with Gasteiger partial charge in [-0.15, -0.1) is 0 Å². The molecule has 8 nitrogen and oxygen atoms in total. The van der Waals surface area contributed by atoms with E-state index in [1.807, 2.05) is 11.6 Å². The van der Waals surface area contributed by atoms with Crippen molar-refractivity contribution in [3.05, 3.63) is 89.5 Å². The number of rotatable bonds is 8. The van der Waals surface area contributed by atoms with Crippen molar-refractivity contribution < 1.29 is 27.5 Å². The molecule has 3 aromatic carbocycles. The lowest BCUT2D eigenvalue weighted by molar-refractivity contribution is 0.104. The molecule has 2 N–H and O–H groups in total. The molecule has 34 heavy (non-hydrogen) atoms. The van der Waals surface area contributed by atoms with Crippen LogP contribution in [0.1, 0.15) is 21.5 Å². The summed E-state index contributed by atoms with van der Waals surface area (Å²) in [7, 11) is -1.02. The van der Waals surface area contributed by atoms with Gasteiger partial charge in [-0.1, -0.05) is 42.0 Å². The van der Waals surface area contributed by atoms with Gasteiger partial charge in [-0.2, -0.15) is 0 Å². The van der Waals surface area contributed by atoms with Crippen LogP contribution in [0.2, 0.25) is 0 Å². The number of ether oxygens (including phenoxy) is 2. The number of carbonyl (C=O) groups excluding carboxylic acids is 2. The SMILES string of the molecule is COc1ccc(/C=C/C(=O)c2ccccc2NC(=O)NS(=O)(=O)c2ccc(C)cc2)cc1OC. The number of nitrogens with one attached hydrogen (secondary N) is 2. The number of carbonyl (C=O) groups is 2. The van der Waals surface area contributed by atoms with Gasteiger partial charge in [0, 0.05) is 5.56 Å². The molecule has 0 aromatic heterocycles. The average molecular weight is 481 g/mol. The third-order valence-corrected chi connectivity index (χ3v) is 6.18. The second-order valence-electron chi connectivity index (χ2n) is 7.23. The summed E-state index contributed by atoms with van der Waals surface area (Å²) in [5, 5.41) is 2.44. The zero-order valence-corrected chi connectivity index (χ0v) is 19.7. The number of benzene rings is 3. The Morgan fingerprint density at radius 2 is 1.56 bits per heavy atom. The molecule has 0 spiro atoms. The minimum absolute atomic E-state index is 0.0459. The smallest absolute Gasteiger partial charge is 0.333 e. The molecule has 0 atom stereocenters. The predicted molar refractivity (Wildman–Crippen MR) is 130 cm³/mol. The zero-order chi connectivity index (χ0) is 24.7. The Morgan fingerprint density at radius 3 is 2.24 bits per heavy atom. The van der Waals surface area contributed by atoms with E-state index in [0.29, 0.717) is 17.1 Å². The predicted octanol–water partition coefficient (Wildman–Crippen LogP) is 4.42. The summed E-state index contributed by atoms with van der Waals surface area (Å²) in [5.74, 6) is 0.699. The van der Waals surface area contributed by atoms with Gasteiger partial charge in [0.25, 0.3) is 10.0 Å². The van der Waals surface area contributed by atoms with E-state index in [4.69, 9.17) is 9.47 Å². The molecule has 2 amide bonds. The van der Waals surface area contributed by atoms with Crippen molar-refractivity contribution in [2.45, 2.75) is 11.8 Å². The van der Waals surface area contributed by atoms with Crippen LogP contribution in [-0.4, -0.2) is 34.5 Å². The van der Waals surface area contributed by atoms with E-state index in [-0.39, 0.29) is 21.9 Å². The zero-order valence-electron chi connectivity index (χ0n) is 18.9. The number of sulfonamides is 1. The first-order chi connectivity index (χ1) is 16.2. The van der Waals surface area contributed by atoms with Crippen molar-refractivity contribution in [3.8, 4) is 11.5 Å². The number of para-hydroxylation sites is 1. The molecule has 0 bridgehead atoms. The van der Waals surface area contributed by atoms with E-state index < -0.39 is 16.1 Å². The Morgan fingerprint density at radius 1 is 0.882 bits per heavy atom. The molecule has 0 heterocycles. The van der Waals surface area contributed by atoms with Crippen LogP contribution in [0.25, 0.3) is 6.08 Å². The molecule has 0 aliphatic heterocycles. The maximum atomic E-state index is 12.8. The highest BCUT2D eigenvalue weighted by Gasteiger charge is 2.19. The Balaban J connectivity index is 1.75. The molecule has 0 aliphatic carbocycles. The van der Waals surface area contributed by atoms with Crippen LogP contribution in [0.5, 0.6) is 11.5 Å². The number of urea groups is 1. The van der Waals surface area contributed by atoms with Gasteiger partial charge in [-0.05, 0) is 55.0 Å². The fourth-order valence-electron chi connectivity index (χ4n) is 3.07. The molecule has 0 saturated carbocycles. The van der Waals surface area contributed by atoms with E-state index in [9.17, 15) is 18.0 Å². The molecule has 0 unspecified atom stereocenters. The van der Waals surface area contributed by atoms with Crippen LogP contribution in [0.4, 0.5) is 10.5 Å². The molecule has 0 saturated heterocycles. The highest BCUT2D eigenvalue weighted by molar-refractivity contribution is 7.90. The Hall–Kier alpha value is -4.11. The van der Waals surface area contributed by atoms with Crippen LogP contribution in [0.15, 0.2) is 77.7 Å². The minimum Gasteiger partial charge on any atom is -0.493 e. The minimum atomic E-state index is -4.07. The van der Waals surface area contributed by atoms with Gasteiger partial charge in [0.2, 0.25) is 0 Å². The highest BCUT2D eigenvalue weighted by Crippen LogP contribution is 2.28. The van der Waals surface area contributed by atoms with Gasteiger partial charge >= 0.3 is 6.03 Å². The molecule has 0 aliphatic rings. The topological polar surface area (TPSA) is 111 Å². The average Bonchev–Trinajstić information content (AvgIpc) is 2.82. The van der Waals surface area contributed by atoms with E-state index in [1.165, 1.54) is 44.6 Å². The lowest BCUT2D eigenvalue weighted by atomic mass is 10.1.